The van der Waals surface area contributed by atoms with E-state index in [1.54, 1.807) is 11.0 Å². The highest BCUT2D eigenvalue weighted by Crippen LogP contribution is 2.39. The minimum atomic E-state index is -0.667. The zero-order valence-corrected chi connectivity index (χ0v) is 15.5. The first-order valence-corrected chi connectivity index (χ1v) is 9.40. The molecule has 2 aliphatic rings. The Kier molecular flexibility index (Phi) is 4.69. The maximum atomic E-state index is 12.8. The fourth-order valence-corrected chi connectivity index (χ4v) is 4.13. The Morgan fingerprint density at radius 1 is 1.22 bits per heavy atom. The van der Waals surface area contributed by atoms with Gasteiger partial charge in [-0.2, -0.15) is 0 Å². The van der Waals surface area contributed by atoms with Crippen molar-refractivity contribution in [2.75, 3.05) is 19.7 Å². The number of benzene rings is 1. The summed E-state index contributed by atoms with van der Waals surface area (Å²) in [7, 11) is 0. The van der Waals surface area contributed by atoms with E-state index in [9.17, 15) is 9.90 Å². The number of likely N-dealkylation sites (tertiary alicyclic amines) is 1. The third-order valence-electron chi connectivity index (χ3n) is 5.65. The zero-order valence-electron chi connectivity index (χ0n) is 15.5. The number of hydrogen-bond acceptors (Lipinski definition) is 6. The third-order valence-corrected chi connectivity index (χ3v) is 5.65. The summed E-state index contributed by atoms with van der Waals surface area (Å²) in [5.41, 5.74) is 0.769. The molecule has 1 aromatic heterocycles. The van der Waals surface area contributed by atoms with E-state index < -0.39 is 5.60 Å². The van der Waals surface area contributed by atoms with Gasteiger partial charge in [-0.25, -0.2) is 4.68 Å². The van der Waals surface area contributed by atoms with E-state index in [1.165, 1.54) is 0 Å². The fourth-order valence-electron chi connectivity index (χ4n) is 4.13. The molecular formula is C19H25N5O3. The van der Waals surface area contributed by atoms with E-state index in [-0.39, 0.29) is 11.5 Å². The number of ether oxygens (including phenoxy) is 1. The molecule has 0 saturated carbocycles. The van der Waals surface area contributed by atoms with Crippen LogP contribution in [0.1, 0.15) is 48.5 Å². The van der Waals surface area contributed by atoms with Gasteiger partial charge in [-0.15, -0.1) is 5.10 Å². The van der Waals surface area contributed by atoms with Crippen molar-refractivity contribution >= 4 is 5.91 Å². The molecule has 8 nitrogen and oxygen atoms in total. The Morgan fingerprint density at radius 2 is 1.96 bits per heavy atom. The number of nitrogens with zero attached hydrogens (tertiary/aromatic N) is 5. The number of carbonyl (C=O) groups is 1. The van der Waals surface area contributed by atoms with Gasteiger partial charge in [-0.05, 0) is 54.3 Å². The standard InChI is InChI=1S/C19H25N5O3/c1-18(26)8-11-27-19(13-18)6-9-23(10-7-19)17(25)16-4-2-15(3-5-16)12-24-14-20-21-22-24/h2-5,14,26H,6-13H2,1H3. The monoisotopic (exact) mass is 371 g/mol. The first kappa shape index (κ1) is 18.1. The lowest BCUT2D eigenvalue weighted by Gasteiger charge is -2.48. The maximum absolute atomic E-state index is 12.8. The van der Waals surface area contributed by atoms with Crippen molar-refractivity contribution < 1.29 is 14.6 Å². The number of amides is 1. The van der Waals surface area contributed by atoms with Crippen molar-refractivity contribution in [2.24, 2.45) is 0 Å². The molecule has 3 heterocycles. The molecule has 1 unspecified atom stereocenters. The van der Waals surface area contributed by atoms with E-state index in [2.05, 4.69) is 15.5 Å². The molecule has 27 heavy (non-hydrogen) atoms. The number of carbonyl (C=O) groups excluding carboxylic acids is 1. The van der Waals surface area contributed by atoms with Crippen LogP contribution in [0, 0.1) is 0 Å². The SMILES string of the molecule is CC1(O)CCOC2(CCN(C(=O)c3ccc(Cn4cnnn4)cc3)CC2)C1. The zero-order chi connectivity index (χ0) is 18.9. The molecule has 0 radical (unpaired) electrons. The average Bonchev–Trinajstić information content (AvgIpc) is 3.14. The van der Waals surface area contributed by atoms with Crippen molar-refractivity contribution in [2.45, 2.75) is 50.4 Å². The van der Waals surface area contributed by atoms with Crippen LogP contribution >= 0.6 is 0 Å². The average molecular weight is 371 g/mol. The van der Waals surface area contributed by atoms with E-state index in [4.69, 9.17) is 4.74 Å². The summed E-state index contributed by atoms with van der Waals surface area (Å²) >= 11 is 0. The number of aliphatic hydroxyl groups is 1. The molecule has 2 saturated heterocycles. The first-order chi connectivity index (χ1) is 12.9. The van der Waals surface area contributed by atoms with Crippen molar-refractivity contribution in [3.05, 3.63) is 41.7 Å². The van der Waals surface area contributed by atoms with E-state index in [0.717, 1.165) is 18.4 Å². The lowest BCUT2D eigenvalue weighted by molar-refractivity contribution is -0.170. The Bertz CT molecular complexity index is 780. The molecule has 1 spiro atoms. The molecule has 1 aromatic carbocycles. The lowest BCUT2D eigenvalue weighted by Crippen LogP contribution is -2.54. The van der Waals surface area contributed by atoms with Crippen LogP contribution in [0.5, 0.6) is 0 Å². The van der Waals surface area contributed by atoms with Crippen LogP contribution in [-0.4, -0.2) is 67.0 Å². The van der Waals surface area contributed by atoms with Gasteiger partial charge < -0.3 is 14.7 Å². The lowest BCUT2D eigenvalue weighted by atomic mass is 9.78. The summed E-state index contributed by atoms with van der Waals surface area (Å²) in [6.45, 7) is 4.35. The van der Waals surface area contributed by atoms with E-state index >= 15 is 0 Å². The summed E-state index contributed by atoms with van der Waals surface area (Å²) in [4.78, 5) is 14.7. The Labute approximate surface area is 158 Å². The van der Waals surface area contributed by atoms with E-state index in [0.29, 0.717) is 44.6 Å². The van der Waals surface area contributed by atoms with Gasteiger partial charge in [-0.3, -0.25) is 4.79 Å². The Balaban J connectivity index is 1.36. The number of tetrazole rings is 1. The van der Waals surface area contributed by atoms with Gasteiger partial charge in [0.1, 0.15) is 6.33 Å². The van der Waals surface area contributed by atoms with Crippen molar-refractivity contribution in [3.63, 3.8) is 0 Å². The summed E-state index contributed by atoms with van der Waals surface area (Å²) in [5.74, 6) is 0.0430. The van der Waals surface area contributed by atoms with Crippen molar-refractivity contribution in [1.29, 1.82) is 0 Å². The summed E-state index contributed by atoms with van der Waals surface area (Å²) in [6, 6.07) is 7.58. The minimum absolute atomic E-state index is 0.0430. The van der Waals surface area contributed by atoms with Crippen LogP contribution in [0.2, 0.25) is 0 Å². The van der Waals surface area contributed by atoms with Crippen LogP contribution in [0.15, 0.2) is 30.6 Å². The molecule has 1 atom stereocenters. The van der Waals surface area contributed by atoms with Gasteiger partial charge in [0.25, 0.3) is 5.91 Å². The van der Waals surface area contributed by atoms with E-state index in [1.807, 2.05) is 36.1 Å². The van der Waals surface area contributed by atoms with Gasteiger partial charge in [-0.1, -0.05) is 12.1 Å². The van der Waals surface area contributed by atoms with Crippen LogP contribution < -0.4 is 0 Å². The third kappa shape index (κ3) is 4.01. The van der Waals surface area contributed by atoms with Gasteiger partial charge in [0.2, 0.25) is 0 Å². The van der Waals surface area contributed by atoms with Crippen LogP contribution in [0.4, 0.5) is 0 Å². The van der Waals surface area contributed by atoms with Crippen molar-refractivity contribution in [3.8, 4) is 0 Å². The molecule has 144 valence electrons. The number of hydrogen-bond donors (Lipinski definition) is 1. The summed E-state index contributed by atoms with van der Waals surface area (Å²) < 4.78 is 7.66. The highest BCUT2D eigenvalue weighted by atomic mass is 16.5. The molecular weight excluding hydrogens is 346 g/mol. The summed E-state index contributed by atoms with van der Waals surface area (Å²) in [6.07, 6.45) is 4.42. The molecule has 2 aliphatic heterocycles. The number of rotatable bonds is 3. The Hall–Kier alpha value is -2.32. The molecule has 8 heteroatoms. The molecule has 0 aliphatic carbocycles. The number of aromatic nitrogens is 4. The smallest absolute Gasteiger partial charge is 0.253 e. The molecule has 1 amide bonds. The molecule has 1 N–H and O–H groups in total. The predicted molar refractivity (Wildman–Crippen MR) is 97.0 cm³/mol. The second-order valence-corrected chi connectivity index (χ2v) is 7.95. The van der Waals surface area contributed by atoms with Gasteiger partial charge in [0.15, 0.2) is 0 Å². The predicted octanol–water partition coefficient (Wildman–Crippen LogP) is 1.26. The maximum Gasteiger partial charge on any atom is 0.253 e. The second kappa shape index (κ2) is 7.01. The minimum Gasteiger partial charge on any atom is -0.390 e. The highest BCUT2D eigenvalue weighted by Gasteiger charge is 2.44. The number of piperidine rings is 1. The largest absolute Gasteiger partial charge is 0.390 e. The second-order valence-electron chi connectivity index (χ2n) is 7.95. The molecule has 2 fully saturated rings. The fraction of sp³-hybridized carbons (Fsp3) is 0.579. The first-order valence-electron chi connectivity index (χ1n) is 9.40. The van der Waals surface area contributed by atoms with Crippen LogP contribution in [0.25, 0.3) is 0 Å². The van der Waals surface area contributed by atoms with Crippen LogP contribution in [0.3, 0.4) is 0 Å². The highest BCUT2D eigenvalue weighted by molar-refractivity contribution is 5.94. The topological polar surface area (TPSA) is 93.4 Å². The van der Waals surface area contributed by atoms with Gasteiger partial charge in [0, 0.05) is 25.1 Å². The van der Waals surface area contributed by atoms with Gasteiger partial charge >= 0.3 is 0 Å². The Morgan fingerprint density at radius 3 is 2.59 bits per heavy atom. The molecule has 2 aromatic rings. The van der Waals surface area contributed by atoms with Crippen LogP contribution in [-0.2, 0) is 11.3 Å². The normalized spacial score (nSPS) is 24.9. The van der Waals surface area contributed by atoms with Crippen molar-refractivity contribution in [1.82, 2.24) is 25.1 Å². The molecule has 0 bridgehead atoms. The summed E-state index contributed by atoms with van der Waals surface area (Å²) in [5, 5.41) is 21.5. The molecule has 4 rings (SSSR count). The quantitative estimate of drug-likeness (QED) is 0.873. The van der Waals surface area contributed by atoms with Gasteiger partial charge in [0.05, 0.1) is 24.4 Å².